The lowest BCUT2D eigenvalue weighted by Crippen LogP contribution is -2.55. The SMILES string of the molecule is C[C@H]1CCN1c1nc(N2CC(OCC(=O)N3CCN(C(=O)O)CC3)C2)c(Cl)c(C(F)(F)F)n1. The van der Waals surface area contributed by atoms with Crippen LogP contribution in [0.4, 0.5) is 29.7 Å². The lowest BCUT2D eigenvalue weighted by atomic mass is 10.1. The zero-order chi connectivity index (χ0) is 23.9. The smallest absolute Gasteiger partial charge is 0.435 e. The van der Waals surface area contributed by atoms with Crippen LogP contribution in [0.15, 0.2) is 0 Å². The van der Waals surface area contributed by atoms with E-state index in [2.05, 4.69) is 9.97 Å². The van der Waals surface area contributed by atoms with Gasteiger partial charge in [0, 0.05) is 51.9 Å². The van der Waals surface area contributed by atoms with Crippen molar-refractivity contribution in [1.82, 2.24) is 19.8 Å². The van der Waals surface area contributed by atoms with Crippen LogP contribution in [0, 0.1) is 0 Å². The summed E-state index contributed by atoms with van der Waals surface area (Å²) in [6.45, 7) is 3.82. The second-order valence-electron chi connectivity index (χ2n) is 8.33. The minimum Gasteiger partial charge on any atom is -0.465 e. The third kappa shape index (κ3) is 4.88. The number of piperazine rings is 1. The van der Waals surface area contributed by atoms with E-state index in [0.717, 1.165) is 6.42 Å². The van der Waals surface area contributed by atoms with E-state index in [1.54, 1.807) is 9.80 Å². The maximum atomic E-state index is 13.5. The standard InChI is InChI=1S/C19H24ClF3N6O4/c1-11-2-3-29(11)17-24-15(19(21,22)23)14(20)16(25-17)28-8-12(9-28)33-10-13(30)26-4-6-27(7-5-26)18(31)32/h11-12H,2-10H2,1H3,(H,31,32)/t11-/m0/s1. The van der Waals surface area contributed by atoms with Gasteiger partial charge < -0.3 is 29.4 Å². The first-order chi connectivity index (χ1) is 15.5. The van der Waals surface area contributed by atoms with Gasteiger partial charge in [-0.3, -0.25) is 4.79 Å². The second-order valence-corrected chi connectivity index (χ2v) is 8.71. The van der Waals surface area contributed by atoms with Crippen molar-refractivity contribution in [1.29, 1.82) is 0 Å². The van der Waals surface area contributed by atoms with Crippen LogP contribution in [0.2, 0.25) is 5.02 Å². The molecule has 3 aliphatic rings. The molecule has 0 aliphatic carbocycles. The molecule has 33 heavy (non-hydrogen) atoms. The average Bonchev–Trinajstić information content (AvgIpc) is 2.72. The number of amides is 2. The van der Waals surface area contributed by atoms with Crippen LogP contribution in [0.3, 0.4) is 0 Å². The fourth-order valence-electron chi connectivity index (χ4n) is 3.91. The maximum Gasteiger partial charge on any atom is 0.435 e. The Labute approximate surface area is 192 Å². The van der Waals surface area contributed by atoms with Gasteiger partial charge >= 0.3 is 12.3 Å². The number of carbonyl (C=O) groups is 2. The molecule has 14 heteroatoms. The highest BCUT2D eigenvalue weighted by Gasteiger charge is 2.41. The van der Waals surface area contributed by atoms with Gasteiger partial charge in [0.1, 0.15) is 11.6 Å². The largest absolute Gasteiger partial charge is 0.465 e. The van der Waals surface area contributed by atoms with Crippen LogP contribution in [0.5, 0.6) is 0 Å². The average molecular weight is 493 g/mol. The van der Waals surface area contributed by atoms with Gasteiger partial charge in [-0.05, 0) is 13.3 Å². The second kappa shape index (κ2) is 9.01. The van der Waals surface area contributed by atoms with Gasteiger partial charge in [-0.2, -0.15) is 18.2 Å². The molecule has 0 unspecified atom stereocenters. The van der Waals surface area contributed by atoms with E-state index in [1.807, 2.05) is 6.92 Å². The van der Waals surface area contributed by atoms with Crippen molar-refractivity contribution in [3.63, 3.8) is 0 Å². The molecule has 0 aromatic carbocycles. The number of alkyl halides is 3. The fourth-order valence-corrected chi connectivity index (χ4v) is 4.22. The van der Waals surface area contributed by atoms with E-state index in [9.17, 15) is 22.8 Å². The Balaban J connectivity index is 1.34. The van der Waals surface area contributed by atoms with Gasteiger partial charge in [0.15, 0.2) is 11.5 Å². The van der Waals surface area contributed by atoms with Crippen LogP contribution in [0.25, 0.3) is 0 Å². The van der Waals surface area contributed by atoms with Crippen molar-refractivity contribution in [3.05, 3.63) is 10.7 Å². The number of carboxylic acid groups (broad SMARTS) is 1. The number of nitrogens with zero attached hydrogens (tertiary/aromatic N) is 6. The summed E-state index contributed by atoms with van der Waals surface area (Å²) in [5.41, 5.74) is -1.16. The van der Waals surface area contributed by atoms with Crippen LogP contribution < -0.4 is 9.80 Å². The summed E-state index contributed by atoms with van der Waals surface area (Å²) in [7, 11) is 0. The Bertz CT molecular complexity index is 922. The number of hydrogen-bond acceptors (Lipinski definition) is 7. The topological polar surface area (TPSA) is 102 Å². The fraction of sp³-hybridized carbons (Fsp3) is 0.684. The van der Waals surface area contributed by atoms with Gasteiger partial charge in [-0.15, -0.1) is 0 Å². The van der Waals surface area contributed by atoms with Crippen LogP contribution in [-0.4, -0.2) is 101 Å². The predicted molar refractivity (Wildman–Crippen MR) is 112 cm³/mol. The highest BCUT2D eigenvalue weighted by Crippen LogP contribution is 2.40. The molecule has 2 amide bonds. The molecular formula is C19H24ClF3N6O4. The molecule has 0 radical (unpaired) electrons. The highest BCUT2D eigenvalue weighted by molar-refractivity contribution is 6.33. The first kappa shape index (κ1) is 23.6. The monoisotopic (exact) mass is 492 g/mol. The molecule has 3 fully saturated rings. The Kier molecular flexibility index (Phi) is 6.45. The third-order valence-electron chi connectivity index (χ3n) is 6.16. The molecule has 3 saturated heterocycles. The maximum absolute atomic E-state index is 13.5. The molecule has 0 saturated carbocycles. The van der Waals surface area contributed by atoms with Crippen molar-refractivity contribution in [2.24, 2.45) is 0 Å². The number of aromatic nitrogens is 2. The van der Waals surface area contributed by atoms with Gasteiger partial charge in [-0.25, -0.2) is 9.78 Å². The van der Waals surface area contributed by atoms with E-state index < -0.39 is 23.0 Å². The van der Waals surface area contributed by atoms with E-state index in [1.165, 1.54) is 9.80 Å². The normalized spacial score (nSPS) is 21.7. The molecule has 1 aromatic rings. The number of carbonyl (C=O) groups excluding carboxylic acids is 1. The zero-order valence-corrected chi connectivity index (χ0v) is 18.6. The van der Waals surface area contributed by atoms with E-state index in [4.69, 9.17) is 21.4 Å². The molecule has 10 nitrogen and oxygen atoms in total. The zero-order valence-electron chi connectivity index (χ0n) is 17.9. The Morgan fingerprint density at radius 1 is 1.12 bits per heavy atom. The third-order valence-corrected chi connectivity index (χ3v) is 6.51. The lowest BCUT2D eigenvalue weighted by molar-refractivity contribution is -0.141. The minimum atomic E-state index is -4.71. The van der Waals surface area contributed by atoms with Crippen molar-refractivity contribution >= 4 is 35.4 Å². The van der Waals surface area contributed by atoms with Gasteiger partial charge in [0.05, 0.1) is 6.10 Å². The van der Waals surface area contributed by atoms with Crippen molar-refractivity contribution in [3.8, 4) is 0 Å². The Morgan fingerprint density at radius 2 is 1.76 bits per heavy atom. The van der Waals surface area contributed by atoms with E-state index >= 15 is 0 Å². The predicted octanol–water partition coefficient (Wildman–Crippen LogP) is 1.77. The molecule has 4 rings (SSSR count). The number of anilines is 2. The van der Waals surface area contributed by atoms with E-state index in [-0.39, 0.29) is 62.6 Å². The van der Waals surface area contributed by atoms with Crippen molar-refractivity contribution < 1.29 is 32.6 Å². The number of halogens is 4. The van der Waals surface area contributed by atoms with Gasteiger partial charge in [-0.1, -0.05) is 11.6 Å². The lowest BCUT2D eigenvalue weighted by Gasteiger charge is -2.42. The quantitative estimate of drug-likeness (QED) is 0.663. The molecule has 182 valence electrons. The molecule has 1 aromatic heterocycles. The molecule has 0 spiro atoms. The first-order valence-corrected chi connectivity index (χ1v) is 11.0. The van der Waals surface area contributed by atoms with Crippen LogP contribution >= 0.6 is 11.6 Å². The molecule has 4 heterocycles. The molecule has 1 N–H and O–H groups in total. The van der Waals surface area contributed by atoms with Crippen molar-refractivity contribution in [2.45, 2.75) is 31.7 Å². The Morgan fingerprint density at radius 3 is 2.27 bits per heavy atom. The van der Waals surface area contributed by atoms with Gasteiger partial charge in [0.25, 0.3) is 0 Å². The summed E-state index contributed by atoms with van der Waals surface area (Å²) in [6.07, 6.45) is -5.24. The highest BCUT2D eigenvalue weighted by atomic mass is 35.5. The summed E-state index contributed by atoms with van der Waals surface area (Å²) < 4.78 is 46.1. The summed E-state index contributed by atoms with van der Waals surface area (Å²) in [6, 6.07) is 0.0518. The summed E-state index contributed by atoms with van der Waals surface area (Å²) in [5.74, 6) is -0.253. The molecule has 3 aliphatic heterocycles. The van der Waals surface area contributed by atoms with E-state index in [0.29, 0.717) is 19.6 Å². The summed E-state index contributed by atoms with van der Waals surface area (Å²) >= 11 is 6.03. The molecule has 0 bridgehead atoms. The van der Waals surface area contributed by atoms with Crippen LogP contribution in [0.1, 0.15) is 19.0 Å². The first-order valence-electron chi connectivity index (χ1n) is 10.6. The summed E-state index contributed by atoms with van der Waals surface area (Å²) in [5, 5.41) is 8.42. The summed E-state index contributed by atoms with van der Waals surface area (Å²) in [4.78, 5) is 37.3. The van der Waals surface area contributed by atoms with Crippen LogP contribution in [-0.2, 0) is 15.7 Å². The number of ether oxygens (including phenoxy) is 1. The van der Waals surface area contributed by atoms with Gasteiger partial charge in [0.2, 0.25) is 11.9 Å². The number of hydrogen-bond donors (Lipinski definition) is 1. The Hall–Kier alpha value is -2.54. The minimum absolute atomic E-state index is 0.000486. The molecular weight excluding hydrogens is 469 g/mol. The van der Waals surface area contributed by atoms with Crippen molar-refractivity contribution in [2.75, 3.05) is 62.2 Å². The number of rotatable bonds is 5. The molecule has 1 atom stereocenters.